The fourth-order valence-electron chi connectivity index (χ4n) is 3.43. The fourth-order valence-corrected chi connectivity index (χ4v) is 4.41. The van der Waals surface area contributed by atoms with Crippen LogP contribution < -0.4 is 5.32 Å². The van der Waals surface area contributed by atoms with E-state index in [1.807, 2.05) is 59.4 Å². The van der Waals surface area contributed by atoms with Crippen LogP contribution in [0.3, 0.4) is 0 Å². The van der Waals surface area contributed by atoms with Gasteiger partial charge in [0.2, 0.25) is 0 Å². The molecule has 4 atom stereocenters. The highest BCUT2D eigenvalue weighted by molar-refractivity contribution is 7.99. The smallest absolute Gasteiger partial charge is 0.408 e. The lowest BCUT2D eigenvalue weighted by molar-refractivity contribution is -0.166. The number of amides is 1. The molecule has 1 rings (SSSR count). The molecule has 1 heterocycles. The van der Waals surface area contributed by atoms with E-state index in [1.165, 1.54) is 11.8 Å². The Morgan fingerprint density at radius 3 is 2.00 bits per heavy atom. The van der Waals surface area contributed by atoms with Gasteiger partial charge in [0.15, 0.2) is 0 Å². The summed E-state index contributed by atoms with van der Waals surface area (Å²) in [7, 11) is 0. The Kier molecular flexibility index (Phi) is 10.5. The summed E-state index contributed by atoms with van der Waals surface area (Å²) < 4.78 is 16.7. The highest BCUT2D eigenvalue weighted by Gasteiger charge is 2.45. The number of hydrogen-bond acceptors (Lipinski definition) is 8. The highest BCUT2D eigenvalue weighted by atomic mass is 32.2. The Labute approximate surface area is 209 Å². The van der Waals surface area contributed by atoms with Gasteiger partial charge >= 0.3 is 18.0 Å². The Balaban J connectivity index is 3.07. The van der Waals surface area contributed by atoms with E-state index in [2.05, 4.69) is 11.9 Å². The molecule has 3 unspecified atom stereocenters. The van der Waals surface area contributed by atoms with Gasteiger partial charge in [0.1, 0.15) is 28.9 Å². The quantitative estimate of drug-likeness (QED) is 0.225. The number of ether oxygens (including phenoxy) is 3. The molecule has 1 aliphatic heterocycles. The number of carbonyl (C=O) groups excluding carboxylic acids is 3. The van der Waals surface area contributed by atoms with Crippen molar-refractivity contribution in [3.63, 3.8) is 0 Å². The van der Waals surface area contributed by atoms with Gasteiger partial charge < -0.3 is 19.5 Å². The van der Waals surface area contributed by atoms with Crippen molar-refractivity contribution in [3.8, 4) is 0 Å². The second-order valence-electron chi connectivity index (χ2n) is 11.6. The number of likely N-dealkylation sites (tertiary alicyclic amines) is 1. The van der Waals surface area contributed by atoms with Crippen molar-refractivity contribution in [1.82, 2.24) is 10.2 Å². The minimum Gasteiger partial charge on any atom is -0.459 e. The number of esters is 2. The molecular formula is C25H44N2O6S. The molecule has 8 nitrogen and oxygen atoms in total. The topological polar surface area (TPSA) is 94.2 Å². The number of hydrogen-bond donors (Lipinski definition) is 1. The van der Waals surface area contributed by atoms with E-state index < -0.39 is 40.9 Å². The molecule has 1 saturated heterocycles. The maximum Gasteiger partial charge on any atom is 0.408 e. The lowest BCUT2D eigenvalue weighted by Gasteiger charge is -2.34. The molecular weight excluding hydrogens is 456 g/mol. The van der Waals surface area contributed by atoms with Crippen LogP contribution >= 0.6 is 11.8 Å². The molecule has 1 fully saturated rings. The number of thioether (sulfide) groups is 1. The third-order valence-corrected chi connectivity index (χ3v) is 5.81. The van der Waals surface area contributed by atoms with Crippen molar-refractivity contribution < 1.29 is 28.6 Å². The Morgan fingerprint density at radius 2 is 1.53 bits per heavy atom. The number of nitrogens with zero attached hydrogens (tertiary/aromatic N) is 1. The molecule has 0 aromatic carbocycles. The molecule has 0 aliphatic carbocycles. The number of nitrogens with one attached hydrogen (secondary N) is 1. The Morgan fingerprint density at radius 1 is 1.00 bits per heavy atom. The Hall–Kier alpha value is -1.74. The largest absolute Gasteiger partial charge is 0.459 e. The van der Waals surface area contributed by atoms with Crippen LogP contribution in [0.25, 0.3) is 0 Å². The van der Waals surface area contributed by atoms with E-state index in [1.54, 1.807) is 20.8 Å². The number of carbonyl (C=O) groups is 3. The molecule has 0 radical (unpaired) electrons. The molecule has 0 saturated carbocycles. The van der Waals surface area contributed by atoms with E-state index in [0.717, 1.165) is 0 Å². The standard InChI is InChI=1S/C25H44N2O6S/c1-12-17-13-18(20(28)31-23(3,4)5)27(14-17)19(21(29)32-24(6,7)8)15-34-16(2)26-22(30)33-25(9,10)11/h12,16-19H,1,13-15H2,2-11H3,(H,26,30)/t16?,17?,18?,19-/m0/s1. The van der Waals surface area contributed by atoms with Gasteiger partial charge in [-0.2, -0.15) is 0 Å². The summed E-state index contributed by atoms with van der Waals surface area (Å²) in [4.78, 5) is 40.3. The van der Waals surface area contributed by atoms with Crippen molar-refractivity contribution in [1.29, 1.82) is 0 Å². The van der Waals surface area contributed by atoms with Crippen LogP contribution in [0.2, 0.25) is 0 Å². The van der Waals surface area contributed by atoms with Gasteiger partial charge in [0, 0.05) is 12.3 Å². The summed E-state index contributed by atoms with van der Waals surface area (Å²) in [6.45, 7) is 22.5. The molecule has 0 spiro atoms. The SMILES string of the molecule is C=CC1CC(C(=O)OC(C)(C)C)N([C@@H](CSC(C)NC(=O)OC(C)(C)C)C(=O)OC(C)(C)C)C1. The van der Waals surface area contributed by atoms with Crippen molar-refractivity contribution in [3.05, 3.63) is 12.7 Å². The molecule has 9 heteroatoms. The average molecular weight is 501 g/mol. The minimum absolute atomic E-state index is 0.0461. The van der Waals surface area contributed by atoms with Crippen LogP contribution in [-0.4, -0.2) is 69.5 Å². The molecule has 0 aromatic heterocycles. The lowest BCUT2D eigenvalue weighted by Crippen LogP contribution is -2.52. The van der Waals surface area contributed by atoms with Gasteiger partial charge in [-0.3, -0.25) is 14.5 Å². The van der Waals surface area contributed by atoms with Gasteiger partial charge in [-0.05, 0) is 81.6 Å². The average Bonchev–Trinajstić information content (AvgIpc) is 3.01. The van der Waals surface area contributed by atoms with Gasteiger partial charge in [-0.15, -0.1) is 18.3 Å². The molecule has 1 amide bonds. The van der Waals surface area contributed by atoms with Crippen LogP contribution in [0.5, 0.6) is 0 Å². The van der Waals surface area contributed by atoms with Crippen molar-refractivity contribution in [2.75, 3.05) is 12.3 Å². The summed E-state index contributed by atoms with van der Waals surface area (Å²) in [6, 6.07) is -1.29. The maximum absolute atomic E-state index is 13.2. The van der Waals surface area contributed by atoms with Gasteiger partial charge in [0.05, 0.1) is 5.37 Å². The first-order valence-corrected chi connectivity index (χ1v) is 12.8. The Bertz CT molecular complexity index is 735. The highest BCUT2D eigenvalue weighted by Crippen LogP contribution is 2.31. The fraction of sp³-hybridized carbons (Fsp3) is 0.800. The second-order valence-corrected chi connectivity index (χ2v) is 13.0. The second kappa shape index (κ2) is 11.8. The third-order valence-electron chi connectivity index (χ3n) is 4.69. The summed E-state index contributed by atoms with van der Waals surface area (Å²) >= 11 is 1.38. The first kappa shape index (κ1) is 30.3. The molecule has 0 bridgehead atoms. The number of rotatable bonds is 8. The molecule has 1 N–H and O–H groups in total. The summed E-state index contributed by atoms with van der Waals surface area (Å²) in [5.41, 5.74) is -1.93. The van der Waals surface area contributed by atoms with Gasteiger partial charge in [-0.25, -0.2) is 4.79 Å². The van der Waals surface area contributed by atoms with Crippen LogP contribution in [0.15, 0.2) is 12.7 Å². The van der Waals surface area contributed by atoms with Crippen LogP contribution in [0, 0.1) is 5.92 Å². The summed E-state index contributed by atoms with van der Waals surface area (Å²) in [5, 5.41) is 2.46. The number of alkyl carbamates (subject to hydrolysis) is 1. The maximum atomic E-state index is 13.2. The van der Waals surface area contributed by atoms with Gasteiger partial charge in [0.25, 0.3) is 0 Å². The molecule has 196 valence electrons. The zero-order valence-electron chi connectivity index (χ0n) is 22.5. The predicted molar refractivity (Wildman–Crippen MR) is 136 cm³/mol. The van der Waals surface area contributed by atoms with Crippen LogP contribution in [0.4, 0.5) is 4.79 Å². The summed E-state index contributed by atoms with van der Waals surface area (Å²) in [6.07, 6.45) is 1.80. The molecule has 0 aromatic rings. The molecule has 1 aliphatic rings. The van der Waals surface area contributed by atoms with E-state index in [4.69, 9.17) is 14.2 Å². The normalized spacial score (nSPS) is 21.4. The monoisotopic (exact) mass is 500 g/mol. The van der Waals surface area contributed by atoms with Crippen molar-refractivity contribution in [2.45, 2.75) is 110 Å². The summed E-state index contributed by atoms with van der Waals surface area (Å²) in [5.74, 6) is -0.419. The van der Waals surface area contributed by atoms with Crippen molar-refractivity contribution in [2.24, 2.45) is 5.92 Å². The minimum atomic E-state index is -0.699. The lowest BCUT2D eigenvalue weighted by atomic mass is 10.1. The van der Waals surface area contributed by atoms with Gasteiger partial charge in [-0.1, -0.05) is 6.08 Å². The van der Waals surface area contributed by atoms with E-state index in [9.17, 15) is 14.4 Å². The van der Waals surface area contributed by atoms with Crippen molar-refractivity contribution >= 4 is 29.8 Å². The first-order valence-electron chi connectivity index (χ1n) is 11.8. The van der Waals surface area contributed by atoms with Crippen LogP contribution in [-0.2, 0) is 23.8 Å². The molecule has 34 heavy (non-hydrogen) atoms. The zero-order chi connectivity index (χ0) is 26.5. The van der Waals surface area contributed by atoms with E-state index in [0.29, 0.717) is 18.7 Å². The third kappa shape index (κ3) is 11.1. The van der Waals surface area contributed by atoms with E-state index >= 15 is 0 Å². The first-order chi connectivity index (χ1) is 15.3. The predicted octanol–water partition coefficient (Wildman–Crippen LogP) is 4.52. The zero-order valence-corrected chi connectivity index (χ0v) is 23.3. The van der Waals surface area contributed by atoms with Crippen LogP contribution in [0.1, 0.15) is 75.7 Å². The van der Waals surface area contributed by atoms with E-state index in [-0.39, 0.29) is 17.3 Å².